The van der Waals surface area contributed by atoms with E-state index in [-0.39, 0.29) is 5.56 Å². The lowest BCUT2D eigenvalue weighted by atomic mass is 10.2. The number of carboxylic acid groups (broad SMARTS) is 1. The van der Waals surface area contributed by atoms with Crippen molar-refractivity contribution in [2.75, 3.05) is 5.32 Å². The Bertz CT molecular complexity index is 863. The minimum atomic E-state index is -0.928. The van der Waals surface area contributed by atoms with E-state index >= 15 is 0 Å². The maximum absolute atomic E-state index is 10.9. The highest BCUT2D eigenvalue weighted by molar-refractivity contribution is 7.14. The predicted octanol–water partition coefficient (Wildman–Crippen LogP) is 4.21. The molecule has 2 aromatic heterocycles. The number of hydrogen-bond acceptors (Lipinski definition) is 4. The van der Waals surface area contributed by atoms with Crippen molar-refractivity contribution in [3.63, 3.8) is 0 Å². The molecule has 0 aliphatic rings. The molecule has 23 heavy (non-hydrogen) atoms. The lowest BCUT2D eigenvalue weighted by Gasteiger charge is -2.03. The van der Waals surface area contributed by atoms with Crippen LogP contribution in [0, 0.1) is 13.8 Å². The predicted molar refractivity (Wildman–Crippen MR) is 92.7 cm³/mol. The van der Waals surface area contributed by atoms with Gasteiger partial charge in [0.25, 0.3) is 0 Å². The summed E-state index contributed by atoms with van der Waals surface area (Å²) in [4.78, 5) is 15.5. The van der Waals surface area contributed by atoms with Gasteiger partial charge in [0.15, 0.2) is 5.13 Å². The van der Waals surface area contributed by atoms with Gasteiger partial charge in [-0.15, -0.1) is 11.3 Å². The highest BCUT2D eigenvalue weighted by Crippen LogP contribution is 2.30. The Balaban J connectivity index is 1.82. The zero-order valence-corrected chi connectivity index (χ0v) is 13.9. The molecule has 0 saturated carbocycles. The van der Waals surface area contributed by atoms with Crippen LogP contribution in [0.4, 0.5) is 10.8 Å². The van der Waals surface area contributed by atoms with E-state index in [2.05, 4.69) is 34.8 Å². The zero-order valence-electron chi connectivity index (χ0n) is 13.1. The van der Waals surface area contributed by atoms with Gasteiger partial charge in [0.05, 0.1) is 11.3 Å². The molecule has 2 heterocycles. The number of carboxylic acids is 1. The monoisotopic (exact) mass is 327 g/mol. The second-order valence-corrected chi connectivity index (χ2v) is 6.25. The van der Waals surface area contributed by atoms with E-state index in [4.69, 9.17) is 5.11 Å². The number of carbonyl (C=O) groups is 1. The summed E-state index contributed by atoms with van der Waals surface area (Å²) < 4.78 is 2.15. The molecule has 0 spiro atoms. The largest absolute Gasteiger partial charge is 0.478 e. The smallest absolute Gasteiger partial charge is 0.335 e. The Morgan fingerprint density at radius 1 is 1.26 bits per heavy atom. The van der Waals surface area contributed by atoms with E-state index in [1.165, 1.54) is 22.7 Å². The molecule has 0 saturated heterocycles. The standard InChI is InChI=1S/C17H17N3O2S/c1-10-8-14(11(2)20(10)3)15-9-23-17(19-15)18-13-6-4-12(5-7-13)16(21)22/h4-9H,1-3H3,(H,18,19)(H,21,22). The van der Waals surface area contributed by atoms with Gasteiger partial charge in [0.1, 0.15) is 0 Å². The lowest BCUT2D eigenvalue weighted by molar-refractivity contribution is 0.0697. The van der Waals surface area contributed by atoms with Crippen LogP contribution in [-0.4, -0.2) is 20.6 Å². The quantitative estimate of drug-likeness (QED) is 0.753. The average Bonchev–Trinajstić information content (AvgIpc) is 3.08. The molecule has 0 bridgehead atoms. The number of aromatic nitrogens is 2. The third-order valence-corrected chi connectivity index (χ3v) is 4.70. The first-order valence-electron chi connectivity index (χ1n) is 7.15. The lowest BCUT2D eigenvalue weighted by Crippen LogP contribution is -1.96. The summed E-state index contributed by atoms with van der Waals surface area (Å²) in [7, 11) is 2.05. The zero-order chi connectivity index (χ0) is 16.6. The van der Waals surface area contributed by atoms with Gasteiger partial charge >= 0.3 is 5.97 Å². The molecule has 0 atom stereocenters. The summed E-state index contributed by atoms with van der Waals surface area (Å²) in [5.41, 5.74) is 5.55. The minimum absolute atomic E-state index is 0.269. The van der Waals surface area contributed by atoms with Crippen LogP contribution in [0.3, 0.4) is 0 Å². The van der Waals surface area contributed by atoms with Crippen molar-refractivity contribution < 1.29 is 9.90 Å². The second kappa shape index (κ2) is 5.89. The fraction of sp³-hybridized carbons (Fsp3) is 0.176. The summed E-state index contributed by atoms with van der Waals surface area (Å²) >= 11 is 1.53. The fourth-order valence-electron chi connectivity index (χ4n) is 2.39. The van der Waals surface area contributed by atoms with E-state index in [0.717, 1.165) is 22.1 Å². The molecule has 1 aromatic carbocycles. The van der Waals surface area contributed by atoms with Crippen LogP contribution < -0.4 is 5.32 Å². The third-order valence-electron chi connectivity index (χ3n) is 3.94. The Kier molecular flexibility index (Phi) is 3.92. The number of thiazole rings is 1. The molecule has 0 fully saturated rings. The van der Waals surface area contributed by atoms with Crippen molar-refractivity contribution in [1.82, 2.24) is 9.55 Å². The van der Waals surface area contributed by atoms with Gasteiger partial charge in [0.2, 0.25) is 0 Å². The molecular formula is C17H17N3O2S. The maximum atomic E-state index is 10.9. The highest BCUT2D eigenvalue weighted by atomic mass is 32.1. The Morgan fingerprint density at radius 3 is 2.52 bits per heavy atom. The molecule has 3 aromatic rings. The molecule has 0 aliphatic heterocycles. The minimum Gasteiger partial charge on any atom is -0.478 e. The van der Waals surface area contributed by atoms with Crippen LogP contribution in [0.1, 0.15) is 21.7 Å². The second-order valence-electron chi connectivity index (χ2n) is 5.39. The number of hydrogen-bond donors (Lipinski definition) is 2. The molecule has 0 unspecified atom stereocenters. The molecule has 5 nitrogen and oxygen atoms in total. The van der Waals surface area contributed by atoms with Crippen molar-refractivity contribution in [3.05, 3.63) is 52.7 Å². The van der Waals surface area contributed by atoms with Crippen LogP contribution in [0.25, 0.3) is 11.3 Å². The average molecular weight is 327 g/mol. The molecule has 0 amide bonds. The summed E-state index contributed by atoms with van der Waals surface area (Å²) in [6, 6.07) is 8.76. The first-order chi connectivity index (χ1) is 11.0. The number of benzene rings is 1. The first-order valence-corrected chi connectivity index (χ1v) is 8.03. The van der Waals surface area contributed by atoms with Crippen LogP contribution in [0.5, 0.6) is 0 Å². The highest BCUT2D eigenvalue weighted by Gasteiger charge is 2.12. The van der Waals surface area contributed by atoms with Gasteiger partial charge in [-0.3, -0.25) is 0 Å². The van der Waals surface area contributed by atoms with E-state index in [1.54, 1.807) is 24.3 Å². The van der Waals surface area contributed by atoms with Gasteiger partial charge in [-0.05, 0) is 44.2 Å². The number of rotatable bonds is 4. The van der Waals surface area contributed by atoms with E-state index in [9.17, 15) is 4.79 Å². The Labute approximate surface area is 138 Å². The van der Waals surface area contributed by atoms with Crippen molar-refractivity contribution >= 4 is 28.1 Å². The van der Waals surface area contributed by atoms with E-state index < -0.39 is 5.97 Å². The van der Waals surface area contributed by atoms with E-state index in [0.29, 0.717) is 0 Å². The number of aromatic carboxylic acids is 1. The van der Waals surface area contributed by atoms with Crippen LogP contribution in [0.2, 0.25) is 0 Å². The normalized spacial score (nSPS) is 10.7. The van der Waals surface area contributed by atoms with Gasteiger partial charge in [-0.1, -0.05) is 0 Å². The molecular weight excluding hydrogens is 310 g/mol. The number of nitrogens with zero attached hydrogens (tertiary/aromatic N) is 2. The summed E-state index contributed by atoms with van der Waals surface area (Å²) in [5, 5.41) is 14.9. The summed E-state index contributed by atoms with van der Waals surface area (Å²) in [6.07, 6.45) is 0. The Morgan fingerprint density at radius 2 is 1.96 bits per heavy atom. The number of aryl methyl sites for hydroxylation is 1. The van der Waals surface area contributed by atoms with E-state index in [1.807, 2.05) is 12.4 Å². The topological polar surface area (TPSA) is 67.2 Å². The molecule has 2 N–H and O–H groups in total. The number of nitrogens with one attached hydrogen (secondary N) is 1. The van der Waals surface area contributed by atoms with Crippen molar-refractivity contribution in [3.8, 4) is 11.3 Å². The van der Waals surface area contributed by atoms with Crippen LogP contribution >= 0.6 is 11.3 Å². The summed E-state index contributed by atoms with van der Waals surface area (Å²) in [5.74, 6) is -0.928. The molecule has 6 heteroatoms. The van der Waals surface area contributed by atoms with Gasteiger partial charge in [0, 0.05) is 35.1 Å². The maximum Gasteiger partial charge on any atom is 0.335 e. The van der Waals surface area contributed by atoms with Crippen molar-refractivity contribution in [2.45, 2.75) is 13.8 Å². The molecule has 3 rings (SSSR count). The van der Waals surface area contributed by atoms with Crippen LogP contribution in [0.15, 0.2) is 35.7 Å². The molecule has 0 aliphatic carbocycles. The molecule has 118 valence electrons. The van der Waals surface area contributed by atoms with Crippen molar-refractivity contribution in [1.29, 1.82) is 0 Å². The fourth-order valence-corrected chi connectivity index (χ4v) is 3.12. The number of anilines is 2. The van der Waals surface area contributed by atoms with Gasteiger partial charge in [-0.2, -0.15) is 0 Å². The molecule has 0 radical (unpaired) electrons. The van der Waals surface area contributed by atoms with Gasteiger partial charge < -0.3 is 15.0 Å². The SMILES string of the molecule is Cc1cc(-c2csc(Nc3ccc(C(=O)O)cc3)n2)c(C)n1C. The first kappa shape index (κ1) is 15.3. The Hall–Kier alpha value is -2.60. The van der Waals surface area contributed by atoms with Crippen molar-refractivity contribution in [2.24, 2.45) is 7.05 Å². The third kappa shape index (κ3) is 2.98. The van der Waals surface area contributed by atoms with Gasteiger partial charge in [-0.25, -0.2) is 9.78 Å². The summed E-state index contributed by atoms with van der Waals surface area (Å²) in [6.45, 7) is 4.16. The van der Waals surface area contributed by atoms with Crippen LogP contribution in [-0.2, 0) is 7.05 Å².